The highest BCUT2D eigenvalue weighted by Crippen LogP contribution is 2.16. The van der Waals surface area contributed by atoms with Crippen molar-refractivity contribution in [3.05, 3.63) is 16.7 Å². The van der Waals surface area contributed by atoms with Crippen LogP contribution in [0.25, 0.3) is 0 Å². The fourth-order valence-electron chi connectivity index (χ4n) is 2.60. The van der Waals surface area contributed by atoms with Gasteiger partial charge in [0.05, 0.1) is 6.54 Å². The number of carbonyl (C=O) groups excluding carboxylic acids is 1. The standard InChI is InChI=1S/C14H21N7OS/c1-2-6-12-19-20-14(23-12)16-13(22)15-9-11-18-17-10-7-4-3-5-8-21(10)11/h2-9H2,1H3,(H2,15,16,20,22). The Bertz CT molecular complexity index is 666. The zero-order valence-corrected chi connectivity index (χ0v) is 14.0. The molecule has 0 spiro atoms. The molecule has 0 saturated heterocycles. The van der Waals surface area contributed by atoms with Crippen molar-refractivity contribution in [3.63, 3.8) is 0 Å². The van der Waals surface area contributed by atoms with Gasteiger partial charge in [0.15, 0.2) is 5.82 Å². The van der Waals surface area contributed by atoms with E-state index in [1.54, 1.807) is 0 Å². The number of fused-ring (bicyclic) bond motifs is 1. The summed E-state index contributed by atoms with van der Waals surface area (Å²) in [6.07, 6.45) is 6.36. The first-order valence-corrected chi connectivity index (χ1v) is 8.86. The van der Waals surface area contributed by atoms with Crippen molar-refractivity contribution in [2.24, 2.45) is 0 Å². The van der Waals surface area contributed by atoms with E-state index in [0.717, 1.165) is 55.3 Å². The molecule has 0 atom stereocenters. The van der Waals surface area contributed by atoms with Gasteiger partial charge in [-0.25, -0.2) is 4.79 Å². The third-order valence-corrected chi connectivity index (χ3v) is 4.64. The number of nitrogens with zero attached hydrogens (tertiary/aromatic N) is 5. The Morgan fingerprint density at radius 2 is 2.13 bits per heavy atom. The second kappa shape index (κ2) is 7.49. The predicted octanol–water partition coefficient (Wildman–Crippen LogP) is 2.13. The van der Waals surface area contributed by atoms with E-state index in [2.05, 4.69) is 42.5 Å². The Labute approximate surface area is 138 Å². The molecule has 0 aliphatic carbocycles. The van der Waals surface area contributed by atoms with Crippen LogP contribution in [-0.4, -0.2) is 31.0 Å². The minimum atomic E-state index is -0.296. The minimum Gasteiger partial charge on any atom is -0.331 e. The summed E-state index contributed by atoms with van der Waals surface area (Å²) in [4.78, 5) is 12.0. The Hall–Kier alpha value is -2.03. The number of anilines is 1. The summed E-state index contributed by atoms with van der Waals surface area (Å²) in [7, 11) is 0. The van der Waals surface area contributed by atoms with E-state index in [9.17, 15) is 4.79 Å². The number of urea groups is 1. The summed E-state index contributed by atoms with van der Waals surface area (Å²) in [6, 6.07) is -0.296. The van der Waals surface area contributed by atoms with Crippen LogP contribution in [0.2, 0.25) is 0 Å². The molecular formula is C14H21N7OS. The lowest BCUT2D eigenvalue weighted by molar-refractivity contribution is 0.251. The smallest absolute Gasteiger partial charge is 0.321 e. The van der Waals surface area contributed by atoms with Crippen molar-refractivity contribution in [3.8, 4) is 0 Å². The number of carbonyl (C=O) groups is 1. The minimum absolute atomic E-state index is 0.296. The maximum Gasteiger partial charge on any atom is 0.321 e. The first-order chi connectivity index (χ1) is 11.3. The van der Waals surface area contributed by atoms with Crippen molar-refractivity contribution in [2.45, 2.75) is 58.5 Å². The van der Waals surface area contributed by atoms with Gasteiger partial charge < -0.3 is 9.88 Å². The fourth-order valence-corrected chi connectivity index (χ4v) is 3.43. The Balaban J connectivity index is 1.53. The summed E-state index contributed by atoms with van der Waals surface area (Å²) in [5.41, 5.74) is 0. The molecule has 0 bridgehead atoms. The highest BCUT2D eigenvalue weighted by atomic mass is 32.1. The Morgan fingerprint density at radius 1 is 1.22 bits per heavy atom. The quantitative estimate of drug-likeness (QED) is 0.872. The van der Waals surface area contributed by atoms with E-state index < -0.39 is 0 Å². The molecule has 0 fully saturated rings. The molecule has 3 rings (SSSR count). The lowest BCUT2D eigenvalue weighted by Crippen LogP contribution is -2.29. The molecule has 2 amide bonds. The Kier molecular flexibility index (Phi) is 5.16. The van der Waals surface area contributed by atoms with Gasteiger partial charge in [-0.15, -0.1) is 20.4 Å². The molecule has 23 heavy (non-hydrogen) atoms. The molecule has 0 radical (unpaired) electrons. The fraction of sp³-hybridized carbons (Fsp3) is 0.643. The van der Waals surface area contributed by atoms with E-state index >= 15 is 0 Å². The number of amides is 2. The second-order valence-corrected chi connectivity index (χ2v) is 6.62. The van der Waals surface area contributed by atoms with Crippen LogP contribution in [0.15, 0.2) is 0 Å². The van der Waals surface area contributed by atoms with Gasteiger partial charge in [-0.2, -0.15) is 0 Å². The van der Waals surface area contributed by atoms with Gasteiger partial charge in [0.25, 0.3) is 0 Å². The van der Waals surface area contributed by atoms with Crippen molar-refractivity contribution in [1.82, 2.24) is 30.3 Å². The summed E-state index contributed by atoms with van der Waals surface area (Å²) in [6.45, 7) is 3.37. The van der Waals surface area contributed by atoms with Crippen LogP contribution in [0, 0.1) is 0 Å². The van der Waals surface area contributed by atoms with Gasteiger partial charge in [-0.05, 0) is 19.3 Å². The lowest BCUT2D eigenvalue weighted by atomic mass is 10.2. The van der Waals surface area contributed by atoms with Crippen molar-refractivity contribution >= 4 is 22.5 Å². The van der Waals surface area contributed by atoms with Gasteiger partial charge >= 0.3 is 6.03 Å². The number of rotatable bonds is 5. The SMILES string of the molecule is CCCc1nnc(NC(=O)NCc2nnc3n2CCCCC3)s1. The molecule has 0 aromatic carbocycles. The largest absolute Gasteiger partial charge is 0.331 e. The van der Waals surface area contributed by atoms with Gasteiger partial charge in [0, 0.05) is 19.4 Å². The van der Waals surface area contributed by atoms with E-state index in [1.165, 1.54) is 17.8 Å². The first kappa shape index (κ1) is 15.9. The molecule has 2 aromatic rings. The number of aryl methyl sites for hydroxylation is 2. The van der Waals surface area contributed by atoms with E-state index in [0.29, 0.717) is 11.7 Å². The summed E-state index contributed by atoms with van der Waals surface area (Å²) in [5.74, 6) is 1.83. The molecule has 8 nitrogen and oxygen atoms in total. The first-order valence-electron chi connectivity index (χ1n) is 8.04. The molecule has 2 aromatic heterocycles. The summed E-state index contributed by atoms with van der Waals surface area (Å²) in [5, 5.41) is 23.4. The number of hydrogen-bond acceptors (Lipinski definition) is 6. The van der Waals surface area contributed by atoms with Gasteiger partial charge in [-0.3, -0.25) is 5.32 Å². The monoisotopic (exact) mass is 335 g/mol. The normalized spacial score (nSPS) is 14.1. The average Bonchev–Trinajstić information content (AvgIpc) is 3.06. The number of aromatic nitrogens is 5. The van der Waals surface area contributed by atoms with Gasteiger partial charge in [-0.1, -0.05) is 24.7 Å². The van der Waals surface area contributed by atoms with Crippen molar-refractivity contribution in [1.29, 1.82) is 0 Å². The Morgan fingerprint density at radius 3 is 3.00 bits per heavy atom. The molecule has 3 heterocycles. The van der Waals surface area contributed by atoms with E-state index in [4.69, 9.17) is 0 Å². The van der Waals surface area contributed by atoms with Crippen LogP contribution in [0.5, 0.6) is 0 Å². The second-order valence-electron chi connectivity index (χ2n) is 5.55. The highest BCUT2D eigenvalue weighted by molar-refractivity contribution is 7.15. The average molecular weight is 335 g/mol. The third kappa shape index (κ3) is 4.04. The topological polar surface area (TPSA) is 97.6 Å². The van der Waals surface area contributed by atoms with Crippen molar-refractivity contribution in [2.75, 3.05) is 5.32 Å². The van der Waals surface area contributed by atoms with Crippen molar-refractivity contribution < 1.29 is 4.79 Å². The third-order valence-electron chi connectivity index (χ3n) is 3.74. The van der Waals surface area contributed by atoms with Crippen LogP contribution < -0.4 is 10.6 Å². The number of nitrogens with one attached hydrogen (secondary N) is 2. The van der Waals surface area contributed by atoms with Gasteiger partial charge in [0.2, 0.25) is 5.13 Å². The zero-order chi connectivity index (χ0) is 16.1. The maximum atomic E-state index is 12.0. The van der Waals surface area contributed by atoms with Crippen LogP contribution in [0.1, 0.15) is 49.3 Å². The maximum absolute atomic E-state index is 12.0. The van der Waals surface area contributed by atoms with Crippen LogP contribution in [-0.2, 0) is 25.9 Å². The molecular weight excluding hydrogens is 314 g/mol. The summed E-state index contributed by atoms with van der Waals surface area (Å²) < 4.78 is 2.12. The van der Waals surface area contributed by atoms with Crippen LogP contribution >= 0.6 is 11.3 Å². The van der Waals surface area contributed by atoms with Crippen LogP contribution in [0.3, 0.4) is 0 Å². The van der Waals surface area contributed by atoms with Crippen LogP contribution in [0.4, 0.5) is 9.93 Å². The molecule has 0 saturated carbocycles. The molecule has 124 valence electrons. The van der Waals surface area contributed by atoms with E-state index in [-0.39, 0.29) is 6.03 Å². The molecule has 2 N–H and O–H groups in total. The summed E-state index contributed by atoms with van der Waals surface area (Å²) >= 11 is 1.41. The molecule has 9 heteroatoms. The van der Waals surface area contributed by atoms with Gasteiger partial charge in [0.1, 0.15) is 10.8 Å². The highest BCUT2D eigenvalue weighted by Gasteiger charge is 2.15. The molecule has 1 aliphatic rings. The van der Waals surface area contributed by atoms with E-state index in [1.807, 2.05) is 0 Å². The molecule has 0 unspecified atom stereocenters. The predicted molar refractivity (Wildman–Crippen MR) is 87.3 cm³/mol. The lowest BCUT2D eigenvalue weighted by Gasteiger charge is -2.08. The zero-order valence-electron chi connectivity index (χ0n) is 13.2. The number of hydrogen-bond donors (Lipinski definition) is 2. The molecule has 1 aliphatic heterocycles.